The lowest BCUT2D eigenvalue weighted by Gasteiger charge is -2.20. The molecule has 1 fully saturated rings. The second-order valence-corrected chi connectivity index (χ2v) is 5.16. The van der Waals surface area contributed by atoms with Gasteiger partial charge in [-0.15, -0.1) is 0 Å². The number of thiocarbonyl (C=S) groups is 1. The third kappa shape index (κ3) is 2.97. The van der Waals surface area contributed by atoms with Gasteiger partial charge in [-0.2, -0.15) is 0 Å². The maximum atomic E-state index is 13.7. The predicted octanol–water partition coefficient (Wildman–Crippen LogP) is 1.97. The molecule has 0 spiro atoms. The van der Waals surface area contributed by atoms with E-state index in [2.05, 4.69) is 17.3 Å². The Morgan fingerprint density at radius 2 is 2.39 bits per heavy atom. The van der Waals surface area contributed by atoms with Crippen molar-refractivity contribution in [3.8, 4) is 0 Å². The summed E-state index contributed by atoms with van der Waals surface area (Å²) in [4.78, 5) is 2.42. The number of anilines is 1. The Morgan fingerprint density at radius 3 is 2.94 bits per heavy atom. The molecular weight excluding hydrogens is 249 g/mol. The zero-order valence-corrected chi connectivity index (χ0v) is 11.3. The van der Waals surface area contributed by atoms with Gasteiger partial charge in [-0.05, 0) is 44.6 Å². The first-order valence-corrected chi connectivity index (χ1v) is 6.52. The Bertz CT molecular complexity index is 450. The number of likely N-dealkylation sites (N-methyl/N-ethyl adjacent to an activating group) is 1. The molecule has 0 aliphatic carbocycles. The summed E-state index contributed by atoms with van der Waals surface area (Å²) in [5, 5.41) is 3.26. The van der Waals surface area contributed by atoms with Crippen LogP contribution in [0.15, 0.2) is 18.2 Å². The van der Waals surface area contributed by atoms with Crippen molar-refractivity contribution in [1.29, 1.82) is 0 Å². The van der Waals surface area contributed by atoms with Crippen LogP contribution in [0.1, 0.15) is 18.4 Å². The molecule has 1 saturated heterocycles. The van der Waals surface area contributed by atoms with E-state index in [-0.39, 0.29) is 10.8 Å². The maximum Gasteiger partial charge on any atom is 0.135 e. The molecule has 98 valence electrons. The number of likely N-dealkylation sites (tertiary alicyclic amines) is 1. The molecule has 3 N–H and O–H groups in total. The third-order valence-electron chi connectivity index (χ3n) is 3.45. The van der Waals surface area contributed by atoms with Gasteiger partial charge in [0.1, 0.15) is 10.8 Å². The van der Waals surface area contributed by atoms with Crippen LogP contribution in [-0.4, -0.2) is 36.1 Å². The fourth-order valence-electron chi connectivity index (χ4n) is 2.30. The van der Waals surface area contributed by atoms with Crippen LogP contribution < -0.4 is 11.1 Å². The Kier molecular flexibility index (Phi) is 4.14. The Morgan fingerprint density at radius 1 is 1.61 bits per heavy atom. The molecule has 1 aliphatic heterocycles. The van der Waals surface area contributed by atoms with Crippen molar-refractivity contribution in [2.75, 3.05) is 25.5 Å². The number of nitrogens with one attached hydrogen (secondary N) is 1. The number of hydrogen-bond acceptors (Lipinski definition) is 3. The smallest absolute Gasteiger partial charge is 0.135 e. The average molecular weight is 267 g/mol. The summed E-state index contributed by atoms with van der Waals surface area (Å²) in [7, 11) is 2.12. The Labute approximate surface area is 112 Å². The first-order chi connectivity index (χ1) is 8.58. The van der Waals surface area contributed by atoms with Crippen molar-refractivity contribution < 1.29 is 4.39 Å². The molecule has 0 radical (unpaired) electrons. The monoisotopic (exact) mass is 267 g/mol. The molecule has 0 bridgehead atoms. The van der Waals surface area contributed by atoms with Crippen LogP contribution >= 0.6 is 12.2 Å². The summed E-state index contributed by atoms with van der Waals surface area (Å²) in [5.74, 6) is -0.368. The van der Waals surface area contributed by atoms with E-state index >= 15 is 0 Å². The van der Waals surface area contributed by atoms with Crippen LogP contribution in [0.25, 0.3) is 0 Å². The Balaban J connectivity index is 1.98. The van der Waals surface area contributed by atoms with Crippen LogP contribution in [0.3, 0.4) is 0 Å². The average Bonchev–Trinajstić information content (AvgIpc) is 2.72. The number of nitrogens with two attached hydrogens (primary N) is 1. The minimum atomic E-state index is -0.368. The first kappa shape index (κ1) is 13.2. The quantitative estimate of drug-likeness (QED) is 0.818. The standard InChI is InChI=1S/C13H18FN3S/c1-17-6-2-3-10(17)8-16-9-4-5-11(13(15)18)12(14)7-9/h4-5,7,10,16H,2-3,6,8H2,1H3,(H2,15,18). The highest BCUT2D eigenvalue weighted by Gasteiger charge is 2.20. The van der Waals surface area contributed by atoms with Gasteiger partial charge in [-0.1, -0.05) is 12.2 Å². The summed E-state index contributed by atoms with van der Waals surface area (Å²) < 4.78 is 13.7. The number of rotatable bonds is 4. The molecule has 1 aromatic rings. The van der Waals surface area contributed by atoms with E-state index in [1.165, 1.54) is 18.9 Å². The van der Waals surface area contributed by atoms with Crippen LogP contribution in [0.2, 0.25) is 0 Å². The number of halogens is 1. The molecule has 1 aliphatic rings. The molecule has 1 heterocycles. The molecule has 1 aromatic carbocycles. The Hall–Kier alpha value is -1.20. The van der Waals surface area contributed by atoms with Gasteiger partial charge in [0.05, 0.1) is 0 Å². The molecule has 5 heteroatoms. The van der Waals surface area contributed by atoms with Crippen LogP contribution in [-0.2, 0) is 0 Å². The van der Waals surface area contributed by atoms with Gasteiger partial charge in [0.15, 0.2) is 0 Å². The van der Waals surface area contributed by atoms with Crippen molar-refractivity contribution >= 4 is 22.9 Å². The van der Waals surface area contributed by atoms with Crippen LogP contribution in [0, 0.1) is 5.82 Å². The van der Waals surface area contributed by atoms with Crippen molar-refractivity contribution in [3.63, 3.8) is 0 Å². The highest BCUT2D eigenvalue weighted by molar-refractivity contribution is 7.80. The largest absolute Gasteiger partial charge is 0.389 e. The summed E-state index contributed by atoms with van der Waals surface area (Å²) in [6.07, 6.45) is 2.43. The molecule has 1 unspecified atom stereocenters. The van der Waals surface area contributed by atoms with E-state index in [9.17, 15) is 4.39 Å². The third-order valence-corrected chi connectivity index (χ3v) is 3.67. The van der Waals surface area contributed by atoms with Crippen molar-refractivity contribution in [2.45, 2.75) is 18.9 Å². The summed E-state index contributed by atoms with van der Waals surface area (Å²) in [6, 6.07) is 5.41. The van der Waals surface area contributed by atoms with Crippen LogP contribution in [0.5, 0.6) is 0 Å². The molecule has 1 atom stereocenters. The number of hydrogen-bond donors (Lipinski definition) is 2. The lowest BCUT2D eigenvalue weighted by molar-refractivity contribution is 0.322. The summed E-state index contributed by atoms with van der Waals surface area (Å²) in [6.45, 7) is 1.98. The molecule has 18 heavy (non-hydrogen) atoms. The van der Waals surface area contributed by atoms with Crippen molar-refractivity contribution in [1.82, 2.24) is 4.90 Å². The van der Waals surface area contributed by atoms with Gasteiger partial charge in [0.2, 0.25) is 0 Å². The first-order valence-electron chi connectivity index (χ1n) is 6.11. The minimum Gasteiger partial charge on any atom is -0.389 e. The highest BCUT2D eigenvalue weighted by atomic mass is 32.1. The van der Waals surface area contributed by atoms with Crippen molar-refractivity contribution in [2.24, 2.45) is 5.73 Å². The fourth-order valence-corrected chi connectivity index (χ4v) is 2.46. The maximum absolute atomic E-state index is 13.7. The van der Waals surface area contributed by atoms with E-state index in [1.54, 1.807) is 6.07 Å². The minimum absolute atomic E-state index is 0.0922. The van der Waals surface area contributed by atoms with E-state index in [4.69, 9.17) is 18.0 Å². The van der Waals surface area contributed by atoms with Gasteiger partial charge < -0.3 is 16.0 Å². The fraction of sp³-hybridized carbons (Fsp3) is 0.462. The lowest BCUT2D eigenvalue weighted by Crippen LogP contribution is -2.31. The second-order valence-electron chi connectivity index (χ2n) is 4.72. The topological polar surface area (TPSA) is 41.3 Å². The molecule has 3 nitrogen and oxygen atoms in total. The van der Waals surface area contributed by atoms with Gasteiger partial charge in [-0.3, -0.25) is 0 Å². The normalized spacial score (nSPS) is 20.0. The van der Waals surface area contributed by atoms with E-state index in [0.29, 0.717) is 11.6 Å². The lowest BCUT2D eigenvalue weighted by atomic mass is 10.1. The molecule has 0 saturated carbocycles. The van der Waals surface area contributed by atoms with E-state index in [1.807, 2.05) is 6.07 Å². The SMILES string of the molecule is CN1CCCC1CNc1ccc(C(N)=S)c(F)c1. The molecule has 2 rings (SSSR count). The predicted molar refractivity (Wildman–Crippen MR) is 76.4 cm³/mol. The molecular formula is C13H18FN3S. The summed E-state index contributed by atoms with van der Waals surface area (Å²) in [5.41, 5.74) is 6.49. The van der Waals surface area contributed by atoms with Gasteiger partial charge >= 0.3 is 0 Å². The second kappa shape index (κ2) is 5.63. The van der Waals surface area contributed by atoms with E-state index in [0.717, 1.165) is 18.8 Å². The zero-order valence-electron chi connectivity index (χ0n) is 10.4. The highest BCUT2D eigenvalue weighted by Crippen LogP contribution is 2.18. The molecule has 0 aromatic heterocycles. The molecule has 0 amide bonds. The zero-order chi connectivity index (χ0) is 13.1. The van der Waals surface area contributed by atoms with Crippen molar-refractivity contribution in [3.05, 3.63) is 29.6 Å². The summed E-state index contributed by atoms with van der Waals surface area (Å²) >= 11 is 4.77. The van der Waals surface area contributed by atoms with Gasteiger partial charge in [-0.25, -0.2) is 4.39 Å². The number of nitrogens with zero attached hydrogens (tertiary/aromatic N) is 1. The van der Waals surface area contributed by atoms with E-state index < -0.39 is 0 Å². The van der Waals surface area contributed by atoms with Gasteiger partial charge in [0.25, 0.3) is 0 Å². The van der Waals surface area contributed by atoms with Crippen LogP contribution in [0.4, 0.5) is 10.1 Å². The van der Waals surface area contributed by atoms with Gasteiger partial charge in [0, 0.05) is 23.8 Å². The number of benzene rings is 1.